The highest BCUT2D eigenvalue weighted by Gasteiger charge is 2.34. The molecule has 2 aromatic rings. The lowest BCUT2D eigenvalue weighted by Gasteiger charge is -2.26. The van der Waals surface area contributed by atoms with Crippen LogP contribution in [-0.2, 0) is 19.3 Å². The van der Waals surface area contributed by atoms with E-state index >= 15 is 0 Å². The summed E-state index contributed by atoms with van der Waals surface area (Å²) in [7, 11) is 0. The number of nitrogens with one attached hydrogen (secondary N) is 3. The van der Waals surface area contributed by atoms with Gasteiger partial charge >= 0.3 is 6.18 Å². The average molecular weight is 438 g/mol. The third-order valence-electron chi connectivity index (χ3n) is 5.65. The topological polar surface area (TPSA) is 65.1 Å². The number of hydrogen-bond acceptors (Lipinski definition) is 6. The van der Waals surface area contributed by atoms with Gasteiger partial charge in [0.05, 0.1) is 17.5 Å². The maximum Gasteiger partial charge on any atom is 0.416 e. The second kappa shape index (κ2) is 9.35. The predicted octanol–water partition coefficient (Wildman–Crippen LogP) is 3.30. The van der Waals surface area contributed by atoms with Crippen molar-refractivity contribution in [1.29, 1.82) is 0 Å². The van der Waals surface area contributed by atoms with Crippen LogP contribution in [0.4, 0.5) is 29.2 Å². The van der Waals surface area contributed by atoms with E-state index in [1.807, 2.05) is 0 Å². The molecule has 10 heteroatoms. The van der Waals surface area contributed by atoms with E-state index in [-0.39, 0.29) is 12.1 Å². The van der Waals surface area contributed by atoms with Crippen LogP contribution in [0.5, 0.6) is 0 Å². The minimum absolute atomic E-state index is 0.0961. The zero-order valence-corrected chi connectivity index (χ0v) is 17.1. The van der Waals surface area contributed by atoms with Crippen LogP contribution in [0.2, 0.25) is 0 Å². The summed E-state index contributed by atoms with van der Waals surface area (Å²) in [5.41, 5.74) is -0.217. The van der Waals surface area contributed by atoms with E-state index in [0.29, 0.717) is 43.7 Å². The van der Waals surface area contributed by atoms with Gasteiger partial charge in [0, 0.05) is 32.2 Å². The first-order chi connectivity index (χ1) is 14.9. The molecule has 0 radical (unpaired) electrons. The minimum Gasteiger partial charge on any atom is -0.367 e. The Morgan fingerprint density at radius 3 is 2.74 bits per heavy atom. The summed E-state index contributed by atoms with van der Waals surface area (Å²) in [5, 5.41) is 9.99. The van der Waals surface area contributed by atoms with Crippen LogP contribution < -0.4 is 20.9 Å². The Balaban J connectivity index is 1.57. The molecule has 1 saturated heterocycles. The van der Waals surface area contributed by atoms with Crippen LogP contribution >= 0.6 is 0 Å². The maximum atomic E-state index is 13.8. The highest BCUT2D eigenvalue weighted by Crippen LogP contribution is 2.34. The van der Waals surface area contributed by atoms with Crippen molar-refractivity contribution in [1.82, 2.24) is 20.6 Å². The standard InChI is InChI=1S/C21H26F4N6/c22-15-2-3-18(21(23,24)25)14(10-15)13-31-9-1-6-27-19-20(31)30-17(12-29-19)11-28-16-4-7-26-8-5-16/h2-3,10,12,16,26,28H,1,4-9,11,13H2,(H,27,29). The zero-order valence-electron chi connectivity index (χ0n) is 17.1. The van der Waals surface area contributed by atoms with Crippen LogP contribution in [0.1, 0.15) is 36.1 Å². The molecule has 1 aromatic carbocycles. The molecule has 1 aromatic heterocycles. The second-order valence-electron chi connectivity index (χ2n) is 7.94. The molecule has 3 heterocycles. The smallest absolute Gasteiger partial charge is 0.367 e. The molecule has 1 fully saturated rings. The predicted molar refractivity (Wildman–Crippen MR) is 110 cm³/mol. The molecule has 4 rings (SSSR count). The van der Waals surface area contributed by atoms with Gasteiger partial charge in [-0.1, -0.05) is 0 Å². The lowest BCUT2D eigenvalue weighted by atomic mass is 10.1. The lowest BCUT2D eigenvalue weighted by Crippen LogP contribution is -2.39. The Bertz CT molecular complexity index is 898. The molecule has 3 N–H and O–H groups in total. The summed E-state index contributed by atoms with van der Waals surface area (Å²) in [6.07, 6.45) is -0.0932. The molecular weight excluding hydrogens is 412 g/mol. The number of alkyl halides is 3. The second-order valence-corrected chi connectivity index (χ2v) is 7.94. The van der Waals surface area contributed by atoms with Gasteiger partial charge < -0.3 is 20.9 Å². The minimum atomic E-state index is -4.55. The first-order valence-corrected chi connectivity index (χ1v) is 10.5. The molecule has 0 saturated carbocycles. The van der Waals surface area contributed by atoms with Crippen molar-refractivity contribution < 1.29 is 17.6 Å². The summed E-state index contributed by atoms with van der Waals surface area (Å²) in [4.78, 5) is 10.9. The molecule has 2 aliphatic heterocycles. The number of hydrogen-bond donors (Lipinski definition) is 3. The van der Waals surface area contributed by atoms with E-state index in [1.165, 1.54) is 0 Å². The number of aromatic nitrogens is 2. The lowest BCUT2D eigenvalue weighted by molar-refractivity contribution is -0.138. The molecule has 2 aliphatic rings. The van der Waals surface area contributed by atoms with Gasteiger partial charge in [-0.25, -0.2) is 14.4 Å². The quantitative estimate of drug-likeness (QED) is 0.623. The van der Waals surface area contributed by atoms with Gasteiger partial charge in [0.25, 0.3) is 0 Å². The number of rotatable bonds is 5. The van der Waals surface area contributed by atoms with Gasteiger partial charge in [-0.05, 0) is 56.1 Å². The number of anilines is 2. The molecule has 0 spiro atoms. The molecule has 31 heavy (non-hydrogen) atoms. The van der Waals surface area contributed by atoms with E-state index < -0.39 is 17.6 Å². The Kier molecular flexibility index (Phi) is 6.57. The molecule has 0 amide bonds. The van der Waals surface area contributed by atoms with E-state index in [9.17, 15) is 17.6 Å². The first kappa shape index (κ1) is 21.8. The summed E-state index contributed by atoms with van der Waals surface area (Å²) < 4.78 is 54.1. The fourth-order valence-electron chi connectivity index (χ4n) is 4.03. The van der Waals surface area contributed by atoms with E-state index in [2.05, 4.69) is 20.9 Å². The van der Waals surface area contributed by atoms with Gasteiger partial charge in [-0.3, -0.25) is 0 Å². The Labute approximate surface area is 178 Å². The normalized spacial score (nSPS) is 17.7. The van der Waals surface area contributed by atoms with Crippen LogP contribution in [0.15, 0.2) is 24.4 Å². The van der Waals surface area contributed by atoms with Gasteiger partial charge in [0.15, 0.2) is 11.6 Å². The van der Waals surface area contributed by atoms with Crippen LogP contribution in [0, 0.1) is 5.82 Å². The average Bonchev–Trinajstić information content (AvgIpc) is 2.94. The third kappa shape index (κ3) is 5.43. The Hall–Kier alpha value is -2.46. The number of halogens is 4. The number of nitrogens with zero attached hydrogens (tertiary/aromatic N) is 3. The van der Waals surface area contributed by atoms with Crippen molar-refractivity contribution in [3.05, 3.63) is 47.0 Å². The van der Waals surface area contributed by atoms with Crippen molar-refractivity contribution in [2.24, 2.45) is 0 Å². The fourth-order valence-corrected chi connectivity index (χ4v) is 4.03. The van der Waals surface area contributed by atoms with Crippen LogP contribution in [-0.4, -0.2) is 42.2 Å². The number of piperidine rings is 1. The largest absolute Gasteiger partial charge is 0.416 e. The molecule has 168 valence electrons. The molecule has 0 aliphatic carbocycles. The van der Waals surface area contributed by atoms with Gasteiger partial charge in [0.2, 0.25) is 0 Å². The van der Waals surface area contributed by atoms with Crippen molar-refractivity contribution in [2.75, 3.05) is 36.4 Å². The van der Waals surface area contributed by atoms with E-state index in [0.717, 1.165) is 49.8 Å². The van der Waals surface area contributed by atoms with E-state index in [4.69, 9.17) is 4.98 Å². The molecule has 6 nitrogen and oxygen atoms in total. The Morgan fingerprint density at radius 1 is 1.16 bits per heavy atom. The zero-order chi connectivity index (χ0) is 21.8. The fraction of sp³-hybridized carbons (Fsp3) is 0.524. The molecule has 0 bridgehead atoms. The Morgan fingerprint density at radius 2 is 1.97 bits per heavy atom. The van der Waals surface area contributed by atoms with Crippen molar-refractivity contribution >= 4 is 11.6 Å². The third-order valence-corrected chi connectivity index (χ3v) is 5.65. The molecular formula is C21H26F4N6. The number of fused-ring (bicyclic) bond motifs is 1. The van der Waals surface area contributed by atoms with Crippen LogP contribution in [0.3, 0.4) is 0 Å². The number of benzene rings is 1. The maximum absolute atomic E-state index is 13.8. The van der Waals surface area contributed by atoms with Crippen molar-refractivity contribution in [2.45, 2.75) is 44.6 Å². The van der Waals surface area contributed by atoms with Gasteiger partial charge in [0.1, 0.15) is 5.82 Å². The van der Waals surface area contributed by atoms with Crippen molar-refractivity contribution in [3.63, 3.8) is 0 Å². The highest BCUT2D eigenvalue weighted by atomic mass is 19.4. The summed E-state index contributed by atoms with van der Waals surface area (Å²) in [6.45, 7) is 3.52. The van der Waals surface area contributed by atoms with Crippen LogP contribution in [0.25, 0.3) is 0 Å². The molecule has 0 atom stereocenters. The molecule has 0 unspecified atom stereocenters. The van der Waals surface area contributed by atoms with Crippen molar-refractivity contribution in [3.8, 4) is 0 Å². The van der Waals surface area contributed by atoms with Gasteiger partial charge in [-0.2, -0.15) is 13.2 Å². The highest BCUT2D eigenvalue weighted by molar-refractivity contribution is 5.62. The summed E-state index contributed by atoms with van der Waals surface area (Å²) in [5.74, 6) is 0.342. The summed E-state index contributed by atoms with van der Waals surface area (Å²) >= 11 is 0. The first-order valence-electron chi connectivity index (χ1n) is 10.5. The summed E-state index contributed by atoms with van der Waals surface area (Å²) in [6, 6.07) is 3.00. The van der Waals surface area contributed by atoms with Gasteiger partial charge in [-0.15, -0.1) is 0 Å². The van der Waals surface area contributed by atoms with E-state index in [1.54, 1.807) is 11.1 Å². The monoisotopic (exact) mass is 438 g/mol. The SMILES string of the molecule is Fc1ccc(C(F)(F)F)c(CN2CCCNc3ncc(CNC4CCNCC4)nc32)c1.